The number of aromatic amines is 1. The number of aromatic nitrogens is 7. The summed E-state index contributed by atoms with van der Waals surface area (Å²) in [5, 5.41) is 21.1. The van der Waals surface area contributed by atoms with Crippen LogP contribution in [0, 0.1) is 12.8 Å². The topological polar surface area (TPSA) is 107 Å². The van der Waals surface area contributed by atoms with Crippen molar-refractivity contribution in [3.63, 3.8) is 0 Å². The fourth-order valence-electron chi connectivity index (χ4n) is 6.25. The maximum Gasteiger partial charge on any atom is 0.251 e. The third-order valence-electron chi connectivity index (χ3n) is 8.15. The van der Waals surface area contributed by atoms with Crippen LogP contribution >= 0.6 is 23.2 Å². The molecule has 1 saturated carbocycles. The highest BCUT2D eigenvalue weighted by Gasteiger charge is 2.54. The molecule has 3 aliphatic rings. The van der Waals surface area contributed by atoms with Gasteiger partial charge in [-0.15, -0.1) is 5.10 Å². The summed E-state index contributed by atoms with van der Waals surface area (Å²) in [5.41, 5.74) is 8.13. The van der Waals surface area contributed by atoms with Gasteiger partial charge in [0, 0.05) is 57.1 Å². The molecule has 39 heavy (non-hydrogen) atoms. The standard InChI is InChI=1S/C28H20Cl2N8O/c1-13-17-4-2-14(6-22(17)34-33-13)19-11-23(32-28(19)30)27-21-10-20(21)25-7-15(8-26(39)38(25)27)18-9-16(29)3-5-24(18)37-12-31-35-36-37/h2-9,12,20-21,27H,10-11H2,1H3,(H,33,34). The van der Waals surface area contributed by atoms with Crippen LogP contribution in [0.5, 0.6) is 0 Å². The summed E-state index contributed by atoms with van der Waals surface area (Å²) in [6.45, 7) is 2.00. The zero-order valence-corrected chi connectivity index (χ0v) is 22.1. The van der Waals surface area contributed by atoms with Crippen molar-refractivity contribution in [3.8, 4) is 16.8 Å². The summed E-state index contributed by atoms with van der Waals surface area (Å²) in [7, 11) is 0. The Kier molecular flexibility index (Phi) is 4.81. The van der Waals surface area contributed by atoms with Gasteiger partial charge >= 0.3 is 0 Å². The smallest absolute Gasteiger partial charge is 0.251 e. The molecule has 1 N–H and O–H groups in total. The number of rotatable bonds is 4. The van der Waals surface area contributed by atoms with Crippen molar-refractivity contribution in [2.75, 3.05) is 0 Å². The Balaban J connectivity index is 1.16. The lowest BCUT2D eigenvalue weighted by molar-refractivity contribution is 0.584. The number of allylic oxidation sites excluding steroid dienone is 1. The summed E-state index contributed by atoms with van der Waals surface area (Å²) >= 11 is 13.1. The second kappa shape index (κ2) is 8.21. The van der Waals surface area contributed by atoms with Crippen molar-refractivity contribution < 1.29 is 0 Å². The molecule has 0 amide bonds. The Bertz CT molecular complexity index is 1950. The monoisotopic (exact) mass is 554 g/mol. The Hall–Kier alpha value is -4.08. The molecule has 0 radical (unpaired) electrons. The predicted molar refractivity (Wildman–Crippen MR) is 149 cm³/mol. The number of halogens is 2. The van der Waals surface area contributed by atoms with Crippen molar-refractivity contribution in [2.45, 2.75) is 31.7 Å². The average Bonchev–Trinajstić information content (AvgIpc) is 3.30. The predicted octanol–water partition coefficient (Wildman–Crippen LogP) is 5.44. The van der Waals surface area contributed by atoms with E-state index in [0.29, 0.717) is 28.4 Å². The van der Waals surface area contributed by atoms with Gasteiger partial charge in [0.05, 0.1) is 17.2 Å². The molecule has 9 nitrogen and oxygen atoms in total. The molecule has 3 aromatic heterocycles. The minimum Gasteiger partial charge on any atom is -0.303 e. The van der Waals surface area contributed by atoms with Crippen molar-refractivity contribution in [1.82, 2.24) is 35.0 Å². The van der Waals surface area contributed by atoms with E-state index < -0.39 is 0 Å². The Morgan fingerprint density at radius 1 is 1.05 bits per heavy atom. The normalized spacial score (nSPS) is 21.4. The Morgan fingerprint density at radius 3 is 2.79 bits per heavy atom. The summed E-state index contributed by atoms with van der Waals surface area (Å²) in [4.78, 5) is 18.5. The SMILES string of the molecule is Cc1[nH]nc2cc(C3=C(Cl)N=C(C4C5CC5c5cc(-c6cc(Cl)ccc6-n6cnnn6)cc(=O)n54)C3)ccc12. The molecule has 1 aliphatic carbocycles. The fourth-order valence-corrected chi connectivity index (χ4v) is 6.71. The zero-order chi connectivity index (χ0) is 26.4. The van der Waals surface area contributed by atoms with E-state index in [-0.39, 0.29) is 11.6 Å². The van der Waals surface area contributed by atoms with Gasteiger partial charge in [-0.05, 0) is 71.1 Å². The van der Waals surface area contributed by atoms with E-state index in [0.717, 1.165) is 62.4 Å². The number of aliphatic imine (C=N–C) groups is 1. The molecule has 2 aliphatic heterocycles. The summed E-state index contributed by atoms with van der Waals surface area (Å²) in [5.74, 6) is 0.651. The summed E-state index contributed by atoms with van der Waals surface area (Å²) in [6.07, 6.45) is 3.15. The van der Waals surface area contributed by atoms with Crippen molar-refractivity contribution in [1.29, 1.82) is 0 Å². The van der Waals surface area contributed by atoms with Gasteiger partial charge in [0.15, 0.2) is 0 Å². The number of H-pyrrole nitrogens is 1. The molecule has 3 atom stereocenters. The Labute approximate surface area is 231 Å². The first kappa shape index (κ1) is 22.9. The van der Waals surface area contributed by atoms with E-state index in [2.05, 4.69) is 43.9 Å². The molecule has 1 fully saturated rings. The highest BCUT2D eigenvalue weighted by atomic mass is 35.5. The molecule has 192 valence electrons. The lowest BCUT2D eigenvalue weighted by Gasteiger charge is -2.20. The first-order chi connectivity index (χ1) is 19.0. The van der Waals surface area contributed by atoms with E-state index in [1.54, 1.807) is 16.8 Å². The van der Waals surface area contributed by atoms with E-state index in [1.165, 1.54) is 6.33 Å². The molecule has 11 heteroatoms. The highest BCUT2D eigenvalue weighted by molar-refractivity contribution is 6.35. The van der Waals surface area contributed by atoms with Gasteiger partial charge in [-0.1, -0.05) is 35.3 Å². The third kappa shape index (κ3) is 3.46. The van der Waals surface area contributed by atoms with Gasteiger partial charge in [-0.3, -0.25) is 9.89 Å². The van der Waals surface area contributed by atoms with Crippen LogP contribution in [-0.4, -0.2) is 40.7 Å². The maximum absolute atomic E-state index is 13.7. The number of nitrogens with zero attached hydrogens (tertiary/aromatic N) is 7. The second-order valence-corrected chi connectivity index (χ2v) is 11.2. The molecule has 3 unspecified atom stereocenters. The van der Waals surface area contributed by atoms with Crippen LogP contribution in [0.25, 0.3) is 33.3 Å². The number of pyridine rings is 1. The number of nitrogens with one attached hydrogen (secondary N) is 1. The number of hydrogen-bond acceptors (Lipinski definition) is 6. The number of fused-ring (bicyclic) bond motifs is 4. The summed E-state index contributed by atoms with van der Waals surface area (Å²) < 4.78 is 3.49. The van der Waals surface area contributed by atoms with Crippen molar-refractivity contribution >= 4 is 45.4 Å². The van der Waals surface area contributed by atoms with Crippen LogP contribution < -0.4 is 5.56 Å². The summed E-state index contributed by atoms with van der Waals surface area (Å²) in [6, 6.07) is 15.3. The van der Waals surface area contributed by atoms with E-state index >= 15 is 0 Å². The molecular weight excluding hydrogens is 535 g/mol. The lowest BCUT2D eigenvalue weighted by Crippen LogP contribution is -2.29. The molecular formula is C28H20Cl2N8O. The van der Waals surface area contributed by atoms with Crippen LogP contribution in [0.1, 0.15) is 41.8 Å². The van der Waals surface area contributed by atoms with Gasteiger partial charge in [0.1, 0.15) is 11.5 Å². The zero-order valence-electron chi connectivity index (χ0n) is 20.6. The first-order valence-electron chi connectivity index (χ1n) is 12.7. The molecule has 0 spiro atoms. The minimum absolute atomic E-state index is 0.0666. The van der Waals surface area contributed by atoms with E-state index in [1.807, 2.05) is 29.7 Å². The molecule has 0 bridgehead atoms. The average molecular weight is 555 g/mol. The number of hydrogen-bond donors (Lipinski definition) is 1. The minimum atomic E-state index is -0.104. The maximum atomic E-state index is 13.7. The van der Waals surface area contributed by atoms with Crippen LogP contribution in [0.3, 0.4) is 0 Å². The number of benzene rings is 2. The molecule has 5 heterocycles. The number of aryl methyl sites for hydroxylation is 1. The third-order valence-corrected chi connectivity index (χ3v) is 8.70. The molecule has 2 aromatic carbocycles. The fraction of sp³-hybridized carbons (Fsp3) is 0.214. The van der Waals surface area contributed by atoms with Gasteiger partial charge in [-0.25, -0.2) is 4.99 Å². The second-order valence-electron chi connectivity index (χ2n) is 10.4. The van der Waals surface area contributed by atoms with Crippen LogP contribution in [0.15, 0.2) is 69.8 Å². The lowest BCUT2D eigenvalue weighted by atomic mass is 9.97. The Morgan fingerprint density at radius 2 is 1.95 bits per heavy atom. The number of tetrazole rings is 1. The van der Waals surface area contributed by atoms with Crippen LogP contribution in [-0.2, 0) is 0 Å². The van der Waals surface area contributed by atoms with Gasteiger partial charge in [-0.2, -0.15) is 9.78 Å². The van der Waals surface area contributed by atoms with Crippen molar-refractivity contribution in [2.24, 2.45) is 10.9 Å². The van der Waals surface area contributed by atoms with Crippen molar-refractivity contribution in [3.05, 3.63) is 92.3 Å². The quantitative estimate of drug-likeness (QED) is 0.297. The highest BCUT2D eigenvalue weighted by Crippen LogP contribution is 2.60. The molecule has 8 rings (SSSR count). The largest absolute Gasteiger partial charge is 0.303 e. The first-order valence-corrected chi connectivity index (χ1v) is 13.4. The van der Waals surface area contributed by atoms with Gasteiger partial charge < -0.3 is 4.57 Å². The van der Waals surface area contributed by atoms with E-state index in [4.69, 9.17) is 28.2 Å². The van der Waals surface area contributed by atoms with Gasteiger partial charge in [0.2, 0.25) is 0 Å². The van der Waals surface area contributed by atoms with E-state index in [9.17, 15) is 4.79 Å². The molecule has 0 saturated heterocycles. The molecule has 5 aromatic rings. The van der Waals surface area contributed by atoms with Crippen LogP contribution in [0.4, 0.5) is 0 Å². The van der Waals surface area contributed by atoms with Gasteiger partial charge in [0.25, 0.3) is 5.56 Å². The van der Waals surface area contributed by atoms with Crippen LogP contribution in [0.2, 0.25) is 5.02 Å².